The van der Waals surface area contributed by atoms with Crippen LogP contribution in [0.5, 0.6) is 0 Å². The number of rotatable bonds is 4. The Morgan fingerprint density at radius 1 is 1.48 bits per heavy atom. The van der Waals surface area contributed by atoms with Crippen LogP contribution < -0.4 is 16.6 Å². The molecule has 2 aromatic rings. The van der Waals surface area contributed by atoms with E-state index >= 15 is 0 Å². The van der Waals surface area contributed by atoms with Gasteiger partial charge in [0, 0.05) is 6.61 Å². The average molecular weight is 383 g/mol. The third kappa shape index (κ3) is 3.33. The van der Waals surface area contributed by atoms with Crippen molar-refractivity contribution in [1.82, 2.24) is 15.0 Å². The van der Waals surface area contributed by atoms with E-state index in [-0.39, 0.29) is 36.1 Å². The van der Waals surface area contributed by atoms with Crippen molar-refractivity contribution in [2.24, 2.45) is 5.84 Å². The van der Waals surface area contributed by atoms with Crippen molar-refractivity contribution in [2.75, 3.05) is 17.3 Å². The Kier molecular flexibility index (Phi) is 4.55. The summed E-state index contributed by atoms with van der Waals surface area (Å²) in [6.07, 6.45) is 4.74. The number of amides is 1. The zero-order valence-electron chi connectivity index (χ0n) is 12.1. The molecule has 0 aromatic carbocycles. The molecule has 0 radical (unpaired) electrons. The van der Waals surface area contributed by atoms with Gasteiger partial charge in [0.25, 0.3) is 0 Å². The van der Waals surface area contributed by atoms with Gasteiger partial charge in [0.2, 0.25) is 17.7 Å². The normalized spacial score (nSPS) is 17.4. The monoisotopic (exact) mass is 382 g/mol. The van der Waals surface area contributed by atoms with Crippen molar-refractivity contribution in [3.05, 3.63) is 16.9 Å². The molecular formula is C13H15BrN6O3. The van der Waals surface area contributed by atoms with E-state index in [9.17, 15) is 4.79 Å². The Morgan fingerprint density at radius 3 is 2.96 bits per heavy atom. The number of oxazole rings is 1. The first-order chi connectivity index (χ1) is 11.1. The van der Waals surface area contributed by atoms with Gasteiger partial charge in [0.05, 0.1) is 23.2 Å². The lowest BCUT2D eigenvalue weighted by Gasteiger charge is -2.19. The van der Waals surface area contributed by atoms with Crippen molar-refractivity contribution in [2.45, 2.75) is 25.4 Å². The molecular weight excluding hydrogens is 368 g/mol. The fourth-order valence-corrected chi connectivity index (χ4v) is 2.85. The standard InChI is InChI=1S/C13H15BrN6O3/c14-9-10(12-17-3-5-23-12)18-13(15)19-11(9)20(16)8(21)6-7-2-1-4-22-7/h3,5,7H,1-2,4,6,16H2,(H2,15,18,19). The molecule has 1 aliphatic rings. The fraction of sp³-hybridized carbons (Fsp3) is 0.385. The highest BCUT2D eigenvalue weighted by Gasteiger charge is 2.26. The molecule has 1 saturated heterocycles. The summed E-state index contributed by atoms with van der Waals surface area (Å²) in [5.74, 6) is 5.93. The molecule has 1 aliphatic heterocycles. The van der Waals surface area contributed by atoms with Crippen molar-refractivity contribution in [3.8, 4) is 11.6 Å². The second-order valence-electron chi connectivity index (χ2n) is 5.01. The summed E-state index contributed by atoms with van der Waals surface area (Å²) in [5.41, 5.74) is 6.02. The molecule has 0 aliphatic carbocycles. The van der Waals surface area contributed by atoms with Gasteiger partial charge in [0.1, 0.15) is 12.0 Å². The van der Waals surface area contributed by atoms with Crippen molar-refractivity contribution in [3.63, 3.8) is 0 Å². The summed E-state index contributed by atoms with van der Waals surface area (Å²) in [6, 6.07) is 0. The van der Waals surface area contributed by atoms with Gasteiger partial charge in [-0.25, -0.2) is 20.8 Å². The van der Waals surface area contributed by atoms with Crippen LogP contribution in [0, 0.1) is 0 Å². The van der Waals surface area contributed by atoms with Crippen LogP contribution in [0.2, 0.25) is 0 Å². The number of hydrogen-bond donors (Lipinski definition) is 2. The van der Waals surface area contributed by atoms with Gasteiger partial charge in [-0.3, -0.25) is 4.79 Å². The SMILES string of the molecule is Nc1nc(-c2ncco2)c(Br)c(N(N)C(=O)CC2CCCO2)n1. The molecule has 122 valence electrons. The van der Waals surface area contributed by atoms with Gasteiger partial charge in [-0.15, -0.1) is 0 Å². The molecule has 0 spiro atoms. The first kappa shape index (κ1) is 15.8. The quantitative estimate of drug-likeness (QED) is 0.458. The first-order valence-electron chi connectivity index (χ1n) is 6.98. The Bertz CT molecular complexity index is 702. The number of halogens is 1. The van der Waals surface area contributed by atoms with Crippen LogP contribution in [0.15, 0.2) is 21.3 Å². The maximum absolute atomic E-state index is 12.3. The Labute approximate surface area is 140 Å². The second-order valence-corrected chi connectivity index (χ2v) is 5.80. The van der Waals surface area contributed by atoms with Crippen LogP contribution in [0.1, 0.15) is 19.3 Å². The van der Waals surface area contributed by atoms with Crippen LogP contribution >= 0.6 is 15.9 Å². The summed E-state index contributed by atoms with van der Waals surface area (Å²) in [5, 5.41) is 0.941. The number of anilines is 2. The summed E-state index contributed by atoms with van der Waals surface area (Å²) in [6.45, 7) is 0.668. The maximum Gasteiger partial charge on any atom is 0.246 e. The van der Waals surface area contributed by atoms with Crippen molar-refractivity contribution >= 4 is 33.6 Å². The molecule has 1 unspecified atom stereocenters. The molecule has 0 saturated carbocycles. The highest BCUT2D eigenvalue weighted by Crippen LogP contribution is 2.33. The van der Waals surface area contributed by atoms with E-state index in [0.717, 1.165) is 17.9 Å². The number of carbonyl (C=O) groups excluding carboxylic acids is 1. The number of aromatic nitrogens is 3. The third-order valence-electron chi connectivity index (χ3n) is 3.41. The van der Waals surface area contributed by atoms with Crippen LogP contribution in [0.4, 0.5) is 11.8 Å². The predicted molar refractivity (Wildman–Crippen MR) is 84.9 cm³/mol. The highest BCUT2D eigenvalue weighted by atomic mass is 79.9. The number of nitrogens with two attached hydrogens (primary N) is 2. The molecule has 4 N–H and O–H groups in total. The van der Waals surface area contributed by atoms with Crippen LogP contribution in [-0.4, -0.2) is 33.6 Å². The summed E-state index contributed by atoms with van der Waals surface area (Å²) in [7, 11) is 0. The molecule has 1 amide bonds. The van der Waals surface area contributed by atoms with E-state index in [2.05, 4.69) is 30.9 Å². The van der Waals surface area contributed by atoms with E-state index < -0.39 is 0 Å². The number of nitrogens with zero attached hydrogens (tertiary/aromatic N) is 4. The molecule has 1 fully saturated rings. The minimum absolute atomic E-state index is 0.0447. The van der Waals surface area contributed by atoms with Crippen molar-refractivity contribution < 1.29 is 13.9 Å². The molecule has 0 bridgehead atoms. The largest absolute Gasteiger partial charge is 0.443 e. The van der Waals surface area contributed by atoms with E-state index in [4.69, 9.17) is 20.7 Å². The second kappa shape index (κ2) is 6.60. The summed E-state index contributed by atoms with van der Waals surface area (Å²) < 4.78 is 11.0. The van der Waals surface area contributed by atoms with Crippen LogP contribution in [0.3, 0.4) is 0 Å². The summed E-state index contributed by atoms with van der Waals surface area (Å²) >= 11 is 3.33. The molecule has 3 heterocycles. The first-order valence-corrected chi connectivity index (χ1v) is 7.77. The van der Waals surface area contributed by atoms with E-state index in [1.165, 1.54) is 12.5 Å². The Morgan fingerprint density at radius 2 is 2.30 bits per heavy atom. The number of nitrogen functional groups attached to an aromatic ring is 1. The fourth-order valence-electron chi connectivity index (χ4n) is 2.31. The Balaban J connectivity index is 1.87. The van der Waals surface area contributed by atoms with Gasteiger partial charge in [-0.05, 0) is 28.8 Å². The number of hydrazine groups is 1. The Hall–Kier alpha value is -2.04. The maximum atomic E-state index is 12.3. The zero-order chi connectivity index (χ0) is 16.4. The van der Waals surface area contributed by atoms with Crippen LogP contribution in [-0.2, 0) is 9.53 Å². The van der Waals surface area contributed by atoms with Gasteiger partial charge in [-0.2, -0.15) is 4.98 Å². The lowest BCUT2D eigenvalue weighted by molar-refractivity contribution is -0.120. The third-order valence-corrected chi connectivity index (χ3v) is 4.14. The topological polar surface area (TPSA) is 133 Å². The number of hydrogen-bond acceptors (Lipinski definition) is 8. The molecule has 10 heteroatoms. The van der Waals surface area contributed by atoms with Gasteiger partial charge < -0.3 is 14.9 Å². The molecule has 9 nitrogen and oxygen atoms in total. The van der Waals surface area contributed by atoms with Gasteiger partial charge >= 0.3 is 0 Å². The molecule has 2 aromatic heterocycles. The average Bonchev–Trinajstić information content (AvgIpc) is 3.21. The predicted octanol–water partition coefficient (Wildman–Crippen LogP) is 1.25. The van der Waals surface area contributed by atoms with E-state index in [0.29, 0.717) is 16.8 Å². The lowest BCUT2D eigenvalue weighted by Crippen LogP contribution is -2.40. The smallest absolute Gasteiger partial charge is 0.246 e. The van der Waals surface area contributed by atoms with E-state index in [1.807, 2.05) is 0 Å². The van der Waals surface area contributed by atoms with Crippen LogP contribution in [0.25, 0.3) is 11.6 Å². The van der Waals surface area contributed by atoms with Gasteiger partial charge in [0.15, 0.2) is 5.82 Å². The number of carbonyl (C=O) groups is 1. The van der Waals surface area contributed by atoms with Gasteiger partial charge in [-0.1, -0.05) is 0 Å². The zero-order valence-corrected chi connectivity index (χ0v) is 13.7. The lowest BCUT2D eigenvalue weighted by atomic mass is 10.2. The number of ether oxygens (including phenoxy) is 1. The highest BCUT2D eigenvalue weighted by molar-refractivity contribution is 9.10. The minimum atomic E-state index is -0.325. The summed E-state index contributed by atoms with van der Waals surface area (Å²) in [4.78, 5) is 24.4. The van der Waals surface area contributed by atoms with Crippen molar-refractivity contribution in [1.29, 1.82) is 0 Å². The molecule has 1 atom stereocenters. The molecule has 3 rings (SSSR count). The van der Waals surface area contributed by atoms with E-state index in [1.54, 1.807) is 0 Å². The minimum Gasteiger partial charge on any atom is -0.443 e. The molecule has 23 heavy (non-hydrogen) atoms.